The summed E-state index contributed by atoms with van der Waals surface area (Å²) >= 11 is 2.26. The summed E-state index contributed by atoms with van der Waals surface area (Å²) in [5.74, 6) is -4.40. The van der Waals surface area contributed by atoms with Gasteiger partial charge in [-0.1, -0.05) is 12.1 Å². The van der Waals surface area contributed by atoms with Crippen molar-refractivity contribution >= 4 is 74.9 Å². The molecule has 1 fully saturated rings. The molecular weight excluding hydrogens is 779 g/mol. The molecule has 0 aliphatic carbocycles. The molecule has 15 nitrogen and oxygen atoms in total. The van der Waals surface area contributed by atoms with Gasteiger partial charge in [0.2, 0.25) is 6.10 Å². The molecule has 1 aliphatic heterocycles. The third kappa shape index (κ3) is 10.6. The van der Waals surface area contributed by atoms with Crippen LogP contribution >= 0.6 is 22.6 Å². The maximum atomic E-state index is 14.1. The number of nitrogens with zero attached hydrogens (tertiary/aromatic N) is 4. The zero-order valence-electron chi connectivity index (χ0n) is 29.0. The number of rotatable bonds is 12. The van der Waals surface area contributed by atoms with Gasteiger partial charge in [0, 0.05) is 81.0 Å². The van der Waals surface area contributed by atoms with Crippen molar-refractivity contribution in [1.82, 2.24) is 14.9 Å². The second-order valence-electron chi connectivity index (χ2n) is 11.8. The number of aryl methyl sites for hydroxylation is 1. The number of hydrogen-bond acceptors (Lipinski definition) is 14. The topological polar surface area (TPSA) is 181 Å². The number of esters is 5. The van der Waals surface area contributed by atoms with Crippen molar-refractivity contribution in [2.75, 3.05) is 37.7 Å². The highest BCUT2D eigenvalue weighted by molar-refractivity contribution is 14.1. The van der Waals surface area contributed by atoms with Gasteiger partial charge in [0.25, 0.3) is 5.91 Å². The molecule has 2 heterocycles. The summed E-state index contributed by atoms with van der Waals surface area (Å²) in [6.45, 7) is 7.68. The summed E-state index contributed by atoms with van der Waals surface area (Å²) in [6.07, 6.45) is -6.85. The Kier molecular flexibility index (Phi) is 13.3. The number of carbonyl (C=O) groups is 6. The average Bonchev–Trinajstić information content (AvgIpc) is 3.06. The van der Waals surface area contributed by atoms with Crippen molar-refractivity contribution in [1.29, 1.82) is 0 Å². The summed E-state index contributed by atoms with van der Waals surface area (Å²) < 4.78 is 27.6. The van der Waals surface area contributed by atoms with Gasteiger partial charge in [-0.05, 0) is 59.8 Å². The van der Waals surface area contributed by atoms with E-state index in [9.17, 15) is 28.8 Å². The fraction of sp³-hybridized carbons (Fsp3) is 0.429. The largest absolute Gasteiger partial charge is 0.462 e. The Morgan fingerprint density at radius 1 is 0.745 bits per heavy atom. The molecule has 272 valence electrons. The van der Waals surface area contributed by atoms with Crippen LogP contribution in [0.4, 0.5) is 5.69 Å². The molecular formula is C35H39IN4O11. The highest BCUT2D eigenvalue weighted by Crippen LogP contribution is 2.31. The first kappa shape index (κ1) is 38.9. The number of ether oxygens (including phenoxy) is 5. The molecule has 16 heteroatoms. The fourth-order valence-electron chi connectivity index (χ4n) is 5.74. The fourth-order valence-corrected chi connectivity index (χ4v) is 6.23. The first-order chi connectivity index (χ1) is 24.1. The van der Waals surface area contributed by atoms with E-state index in [4.69, 9.17) is 28.7 Å². The van der Waals surface area contributed by atoms with Gasteiger partial charge in [0.15, 0.2) is 18.3 Å². The van der Waals surface area contributed by atoms with Gasteiger partial charge in [0.1, 0.15) is 12.4 Å². The number of aromatic nitrogens is 2. The maximum Gasteiger partial charge on any atom is 0.303 e. The van der Waals surface area contributed by atoms with E-state index >= 15 is 0 Å². The smallest absolute Gasteiger partial charge is 0.303 e. The average molecular weight is 819 g/mol. The Hall–Kier alpha value is -4.87. The third-order valence-corrected chi connectivity index (χ3v) is 8.41. The van der Waals surface area contributed by atoms with Crippen LogP contribution in [0.3, 0.4) is 0 Å². The first-order valence-electron chi connectivity index (χ1n) is 16.0. The van der Waals surface area contributed by atoms with E-state index in [0.717, 1.165) is 66.0 Å². The SMILES string of the molecule is CC(=O)OC[C@@H](OC(C)=O)[C@@H](OC(C)=O)C(OC(C)=O)[C@@H](OC(C)=O)C(=O)N1CCN(c2cccc(-c3nc(C)nc4ccc(I)cc34)c2)CC1. The quantitative estimate of drug-likeness (QED) is 0.148. The molecule has 4 atom stereocenters. The van der Waals surface area contributed by atoms with Gasteiger partial charge < -0.3 is 33.5 Å². The van der Waals surface area contributed by atoms with E-state index < -0.39 is 66.8 Å². The van der Waals surface area contributed by atoms with Crippen LogP contribution in [0.15, 0.2) is 42.5 Å². The Morgan fingerprint density at radius 2 is 1.37 bits per heavy atom. The Labute approximate surface area is 308 Å². The van der Waals surface area contributed by atoms with Crippen molar-refractivity contribution < 1.29 is 52.5 Å². The van der Waals surface area contributed by atoms with E-state index in [2.05, 4.69) is 32.5 Å². The van der Waals surface area contributed by atoms with Gasteiger partial charge in [-0.3, -0.25) is 28.8 Å². The summed E-state index contributed by atoms with van der Waals surface area (Å²) in [5.41, 5.74) is 3.44. The van der Waals surface area contributed by atoms with Gasteiger partial charge in [-0.2, -0.15) is 0 Å². The van der Waals surface area contributed by atoms with Crippen molar-refractivity contribution in [3.8, 4) is 11.3 Å². The summed E-state index contributed by atoms with van der Waals surface area (Å²) in [4.78, 5) is 87.5. The molecule has 0 saturated carbocycles. The number of carbonyl (C=O) groups excluding carboxylic acids is 6. The second kappa shape index (κ2) is 17.4. The molecule has 1 aromatic heterocycles. The maximum absolute atomic E-state index is 14.1. The minimum absolute atomic E-state index is 0.181. The Balaban J connectivity index is 1.61. The summed E-state index contributed by atoms with van der Waals surface area (Å²) in [7, 11) is 0. The van der Waals surface area contributed by atoms with Gasteiger partial charge >= 0.3 is 29.8 Å². The van der Waals surface area contributed by atoms with Crippen LogP contribution in [0.25, 0.3) is 22.2 Å². The minimum atomic E-state index is -1.82. The number of halogens is 1. The molecule has 51 heavy (non-hydrogen) atoms. The number of amides is 1. The lowest BCUT2D eigenvalue weighted by Gasteiger charge is -2.40. The summed E-state index contributed by atoms with van der Waals surface area (Å²) in [5, 5.41) is 0.926. The Morgan fingerprint density at radius 3 is 1.98 bits per heavy atom. The van der Waals surface area contributed by atoms with Crippen LogP contribution in [-0.4, -0.2) is 108 Å². The molecule has 1 saturated heterocycles. The van der Waals surface area contributed by atoms with E-state index in [-0.39, 0.29) is 13.1 Å². The van der Waals surface area contributed by atoms with Crippen LogP contribution < -0.4 is 4.90 Å². The normalized spacial score (nSPS) is 15.2. The monoisotopic (exact) mass is 818 g/mol. The molecule has 3 aromatic rings. The van der Waals surface area contributed by atoms with Crippen molar-refractivity contribution in [3.05, 3.63) is 51.9 Å². The van der Waals surface area contributed by atoms with Crippen molar-refractivity contribution in [3.63, 3.8) is 0 Å². The van der Waals surface area contributed by atoms with Crippen LogP contribution in [0, 0.1) is 10.5 Å². The zero-order valence-corrected chi connectivity index (χ0v) is 31.2. The molecule has 0 N–H and O–H groups in total. The number of fused-ring (bicyclic) bond motifs is 1. The first-order valence-corrected chi connectivity index (χ1v) is 17.1. The third-order valence-electron chi connectivity index (χ3n) is 7.74. The van der Waals surface area contributed by atoms with Gasteiger partial charge in [-0.25, -0.2) is 9.97 Å². The number of anilines is 1. The predicted octanol–water partition coefficient (Wildman–Crippen LogP) is 3.15. The standard InChI is InChI=1S/C35H39IN4O11/c1-19-37-29-11-10-26(36)17-28(29)31(38-19)25-8-7-9-27(16-25)39-12-14-40(15-13-39)35(46)34(51-24(6)45)33(50-23(5)44)32(49-22(4)43)30(48-21(3)42)18-47-20(2)41/h7-11,16-17,30,32-34H,12-15,18H2,1-6H3/t30-,32-,33?,34-/m1/s1. The van der Waals surface area contributed by atoms with Gasteiger partial charge in [-0.15, -0.1) is 0 Å². The highest BCUT2D eigenvalue weighted by atomic mass is 127. The molecule has 1 aliphatic rings. The molecule has 4 rings (SSSR count). The van der Waals surface area contributed by atoms with E-state index in [1.54, 1.807) is 0 Å². The summed E-state index contributed by atoms with van der Waals surface area (Å²) in [6, 6.07) is 13.9. The number of piperazine rings is 1. The molecule has 0 bridgehead atoms. The van der Waals surface area contributed by atoms with E-state index in [1.165, 1.54) is 4.90 Å². The molecule has 1 unspecified atom stereocenters. The molecule has 0 radical (unpaired) electrons. The molecule has 1 amide bonds. The van der Waals surface area contributed by atoms with Crippen LogP contribution in [0.1, 0.15) is 40.4 Å². The van der Waals surface area contributed by atoms with E-state index in [1.807, 2.05) is 49.4 Å². The lowest BCUT2D eigenvalue weighted by Crippen LogP contribution is -2.59. The lowest BCUT2D eigenvalue weighted by atomic mass is 10.0. The van der Waals surface area contributed by atoms with Crippen molar-refractivity contribution in [2.45, 2.75) is 66.0 Å². The van der Waals surface area contributed by atoms with E-state index in [0.29, 0.717) is 18.9 Å². The van der Waals surface area contributed by atoms with Crippen LogP contribution in [0.5, 0.6) is 0 Å². The molecule has 0 spiro atoms. The Bertz CT molecular complexity index is 1810. The lowest BCUT2D eigenvalue weighted by molar-refractivity contribution is -0.205. The predicted molar refractivity (Wildman–Crippen MR) is 190 cm³/mol. The number of hydrogen-bond donors (Lipinski definition) is 0. The molecule has 2 aromatic carbocycles. The second-order valence-corrected chi connectivity index (χ2v) is 13.0. The minimum Gasteiger partial charge on any atom is -0.462 e. The van der Waals surface area contributed by atoms with Crippen LogP contribution in [0.2, 0.25) is 0 Å². The zero-order chi connectivity index (χ0) is 37.4. The van der Waals surface area contributed by atoms with Crippen LogP contribution in [-0.2, 0) is 52.5 Å². The number of benzene rings is 2. The van der Waals surface area contributed by atoms with Gasteiger partial charge in [0.05, 0.1) is 11.2 Å². The van der Waals surface area contributed by atoms with Crippen molar-refractivity contribution in [2.24, 2.45) is 0 Å². The highest BCUT2D eigenvalue weighted by Gasteiger charge is 2.48.